The Labute approximate surface area is 134 Å². The highest BCUT2D eigenvalue weighted by atomic mass is 32.2. The standard InChI is InChI=1S/C15H17N3O2S2/c16-22(19,20)14-11-17-15(21-14)18-10-4-7-13(18)9-8-12-5-2-1-3-6-12/h1-3,5-6,8-9,11,13H,4,7,10H2,(H2,16,19,20)/b9-8+/t13-/m0/s1. The van der Waals surface area contributed by atoms with Crippen LogP contribution in [0.3, 0.4) is 0 Å². The quantitative estimate of drug-likeness (QED) is 0.931. The first-order chi connectivity index (χ1) is 10.5. The Hall–Kier alpha value is -1.70. The van der Waals surface area contributed by atoms with Gasteiger partial charge in [0.2, 0.25) is 10.0 Å². The molecule has 0 unspecified atom stereocenters. The van der Waals surface area contributed by atoms with Crippen LogP contribution in [0.15, 0.2) is 46.8 Å². The highest BCUT2D eigenvalue weighted by Gasteiger charge is 2.26. The van der Waals surface area contributed by atoms with Crippen LogP contribution in [-0.2, 0) is 10.0 Å². The number of nitrogens with two attached hydrogens (primary N) is 1. The van der Waals surface area contributed by atoms with Crippen LogP contribution in [-0.4, -0.2) is 26.0 Å². The van der Waals surface area contributed by atoms with Crippen molar-refractivity contribution in [1.82, 2.24) is 4.98 Å². The lowest BCUT2D eigenvalue weighted by molar-refractivity contribution is 0.599. The number of hydrogen-bond acceptors (Lipinski definition) is 5. The molecular formula is C15H17N3O2S2. The first-order valence-corrected chi connectivity index (χ1v) is 9.39. The monoisotopic (exact) mass is 335 g/mol. The molecular weight excluding hydrogens is 318 g/mol. The van der Waals surface area contributed by atoms with Crippen LogP contribution < -0.4 is 10.0 Å². The maximum absolute atomic E-state index is 11.4. The van der Waals surface area contributed by atoms with Gasteiger partial charge in [-0.2, -0.15) is 0 Å². The summed E-state index contributed by atoms with van der Waals surface area (Å²) in [6.07, 6.45) is 7.69. The molecule has 116 valence electrons. The molecule has 0 aliphatic carbocycles. The van der Waals surface area contributed by atoms with E-state index in [1.54, 1.807) is 0 Å². The van der Waals surface area contributed by atoms with Gasteiger partial charge in [-0.15, -0.1) is 0 Å². The lowest BCUT2D eigenvalue weighted by Gasteiger charge is -2.21. The summed E-state index contributed by atoms with van der Waals surface area (Å²) in [6.45, 7) is 0.876. The van der Waals surface area contributed by atoms with Gasteiger partial charge in [-0.3, -0.25) is 0 Å². The fourth-order valence-corrected chi connectivity index (χ4v) is 4.15. The summed E-state index contributed by atoms with van der Waals surface area (Å²) in [5.74, 6) is 0. The fraction of sp³-hybridized carbons (Fsp3) is 0.267. The predicted octanol–water partition coefficient (Wildman–Crippen LogP) is 2.47. The van der Waals surface area contributed by atoms with Gasteiger partial charge in [0, 0.05) is 12.6 Å². The van der Waals surface area contributed by atoms with E-state index in [2.05, 4.69) is 34.2 Å². The van der Waals surface area contributed by atoms with E-state index in [1.165, 1.54) is 6.20 Å². The van der Waals surface area contributed by atoms with Crippen LogP contribution in [0, 0.1) is 0 Å². The second-order valence-electron chi connectivity index (χ2n) is 5.18. The third kappa shape index (κ3) is 3.37. The Kier molecular flexibility index (Phi) is 4.28. The maximum atomic E-state index is 11.4. The van der Waals surface area contributed by atoms with E-state index in [-0.39, 0.29) is 10.3 Å². The Bertz CT molecular complexity index is 769. The lowest BCUT2D eigenvalue weighted by atomic mass is 10.1. The van der Waals surface area contributed by atoms with E-state index in [0.717, 1.165) is 36.3 Å². The molecule has 1 aliphatic rings. The lowest BCUT2D eigenvalue weighted by Crippen LogP contribution is -2.27. The number of hydrogen-bond donors (Lipinski definition) is 1. The van der Waals surface area contributed by atoms with E-state index in [0.29, 0.717) is 5.13 Å². The zero-order valence-electron chi connectivity index (χ0n) is 11.9. The third-order valence-corrected chi connectivity index (χ3v) is 6.05. The first kappa shape index (κ1) is 15.2. The van der Waals surface area contributed by atoms with Gasteiger partial charge >= 0.3 is 0 Å². The summed E-state index contributed by atoms with van der Waals surface area (Å²) in [5, 5.41) is 5.86. The number of benzene rings is 1. The zero-order valence-corrected chi connectivity index (χ0v) is 13.6. The van der Waals surface area contributed by atoms with Crippen molar-refractivity contribution in [3.8, 4) is 0 Å². The van der Waals surface area contributed by atoms with Crippen molar-refractivity contribution in [3.05, 3.63) is 48.2 Å². The number of anilines is 1. The molecule has 1 aliphatic heterocycles. The molecule has 0 radical (unpaired) electrons. The largest absolute Gasteiger partial charge is 0.342 e. The molecule has 1 atom stereocenters. The summed E-state index contributed by atoms with van der Waals surface area (Å²) >= 11 is 1.13. The molecule has 0 spiro atoms. The van der Waals surface area contributed by atoms with Gasteiger partial charge in [-0.25, -0.2) is 18.5 Å². The average Bonchev–Trinajstić information content (AvgIpc) is 3.14. The van der Waals surface area contributed by atoms with Crippen LogP contribution in [0.5, 0.6) is 0 Å². The average molecular weight is 335 g/mol. The number of aromatic nitrogens is 1. The Morgan fingerprint density at radius 1 is 1.32 bits per heavy atom. The van der Waals surface area contributed by atoms with Crippen molar-refractivity contribution in [2.24, 2.45) is 5.14 Å². The van der Waals surface area contributed by atoms with Gasteiger partial charge in [0.15, 0.2) is 9.34 Å². The minimum atomic E-state index is -3.67. The van der Waals surface area contributed by atoms with Gasteiger partial charge in [-0.1, -0.05) is 53.8 Å². The molecule has 1 aromatic heterocycles. The van der Waals surface area contributed by atoms with Gasteiger partial charge in [0.25, 0.3) is 0 Å². The SMILES string of the molecule is NS(=O)(=O)c1cnc(N2CCC[C@H]2/C=C/c2ccccc2)s1. The zero-order chi connectivity index (χ0) is 15.6. The van der Waals surface area contributed by atoms with Crippen LogP contribution in [0.1, 0.15) is 18.4 Å². The smallest absolute Gasteiger partial charge is 0.249 e. The van der Waals surface area contributed by atoms with E-state index in [4.69, 9.17) is 5.14 Å². The molecule has 0 bridgehead atoms. The number of sulfonamides is 1. The fourth-order valence-electron chi connectivity index (χ4n) is 2.53. The molecule has 2 N–H and O–H groups in total. The first-order valence-electron chi connectivity index (χ1n) is 7.02. The minimum Gasteiger partial charge on any atom is -0.342 e. The topological polar surface area (TPSA) is 76.3 Å². The van der Waals surface area contributed by atoms with Gasteiger partial charge in [0.05, 0.1) is 6.20 Å². The van der Waals surface area contributed by atoms with Crippen LogP contribution in [0.4, 0.5) is 5.13 Å². The van der Waals surface area contributed by atoms with Crippen LogP contribution in [0.25, 0.3) is 6.08 Å². The predicted molar refractivity (Wildman–Crippen MR) is 89.3 cm³/mol. The molecule has 22 heavy (non-hydrogen) atoms. The Morgan fingerprint density at radius 2 is 2.09 bits per heavy atom. The molecule has 1 aromatic carbocycles. The molecule has 3 rings (SSSR count). The minimum absolute atomic E-state index is 0.111. The van der Waals surface area contributed by atoms with E-state index < -0.39 is 10.0 Å². The Balaban J connectivity index is 1.79. The van der Waals surface area contributed by atoms with E-state index in [1.807, 2.05) is 18.2 Å². The van der Waals surface area contributed by atoms with E-state index >= 15 is 0 Å². The maximum Gasteiger partial charge on any atom is 0.249 e. The molecule has 2 heterocycles. The summed E-state index contributed by atoms with van der Waals surface area (Å²) < 4.78 is 22.8. The molecule has 7 heteroatoms. The highest BCUT2D eigenvalue weighted by molar-refractivity contribution is 7.91. The van der Waals surface area contributed by atoms with Crippen molar-refractivity contribution in [2.75, 3.05) is 11.4 Å². The van der Waals surface area contributed by atoms with Gasteiger partial charge < -0.3 is 4.90 Å². The van der Waals surface area contributed by atoms with Crippen molar-refractivity contribution in [3.63, 3.8) is 0 Å². The van der Waals surface area contributed by atoms with Gasteiger partial charge in [0.1, 0.15) is 0 Å². The molecule has 1 saturated heterocycles. The summed E-state index contributed by atoms with van der Waals surface area (Å²) in [7, 11) is -3.67. The summed E-state index contributed by atoms with van der Waals surface area (Å²) in [6, 6.07) is 10.3. The molecule has 1 fully saturated rings. The number of primary sulfonamides is 1. The number of nitrogens with zero attached hydrogens (tertiary/aromatic N) is 2. The van der Waals surface area contributed by atoms with E-state index in [9.17, 15) is 8.42 Å². The Morgan fingerprint density at radius 3 is 2.77 bits per heavy atom. The molecule has 5 nitrogen and oxygen atoms in total. The summed E-state index contributed by atoms with van der Waals surface area (Å²) in [5.41, 5.74) is 1.15. The molecule has 0 saturated carbocycles. The van der Waals surface area contributed by atoms with Crippen LogP contribution >= 0.6 is 11.3 Å². The normalized spacial score (nSPS) is 19.1. The van der Waals surface area contributed by atoms with Crippen molar-refractivity contribution in [1.29, 1.82) is 0 Å². The van der Waals surface area contributed by atoms with Crippen molar-refractivity contribution >= 4 is 32.6 Å². The second kappa shape index (κ2) is 6.20. The summed E-state index contributed by atoms with van der Waals surface area (Å²) in [4.78, 5) is 6.36. The third-order valence-electron chi connectivity index (χ3n) is 3.61. The van der Waals surface area contributed by atoms with Gasteiger partial charge in [-0.05, 0) is 18.4 Å². The number of thiazole rings is 1. The second-order valence-corrected chi connectivity index (χ2v) is 7.98. The molecule has 2 aromatic rings. The molecule has 0 amide bonds. The highest BCUT2D eigenvalue weighted by Crippen LogP contribution is 2.31. The van der Waals surface area contributed by atoms with Crippen LogP contribution in [0.2, 0.25) is 0 Å². The number of rotatable bonds is 4. The van der Waals surface area contributed by atoms with Crippen molar-refractivity contribution in [2.45, 2.75) is 23.1 Å². The van der Waals surface area contributed by atoms with Crippen molar-refractivity contribution < 1.29 is 8.42 Å².